The third-order valence-corrected chi connectivity index (χ3v) is 4.75. The van der Waals surface area contributed by atoms with E-state index in [-0.39, 0.29) is 22.9 Å². The monoisotopic (exact) mass is 417 g/mol. The molecule has 0 radical (unpaired) electrons. The van der Waals surface area contributed by atoms with E-state index in [0.717, 1.165) is 5.56 Å². The number of hydrogen-bond acceptors (Lipinski definition) is 4. The smallest absolute Gasteiger partial charge is 0.269 e. The SMILES string of the molecule is CC(C)(C)c1ccc(C(=O)Nc2ccc(NC(=O)c3ccc([N+](=O)[O-])cc3)cc2)cc1. The van der Waals surface area contributed by atoms with Crippen LogP contribution in [0, 0.1) is 10.1 Å². The van der Waals surface area contributed by atoms with E-state index < -0.39 is 4.92 Å². The van der Waals surface area contributed by atoms with E-state index in [2.05, 4.69) is 31.4 Å². The summed E-state index contributed by atoms with van der Waals surface area (Å²) in [6.07, 6.45) is 0. The number of amides is 2. The van der Waals surface area contributed by atoms with Gasteiger partial charge in [-0.15, -0.1) is 0 Å². The van der Waals surface area contributed by atoms with Crippen LogP contribution in [0.25, 0.3) is 0 Å². The largest absolute Gasteiger partial charge is 0.322 e. The topological polar surface area (TPSA) is 101 Å². The first-order valence-corrected chi connectivity index (χ1v) is 9.71. The van der Waals surface area contributed by atoms with Gasteiger partial charge in [-0.1, -0.05) is 32.9 Å². The van der Waals surface area contributed by atoms with E-state index in [0.29, 0.717) is 22.5 Å². The molecule has 0 atom stereocenters. The first-order chi connectivity index (χ1) is 14.6. The van der Waals surface area contributed by atoms with Crippen LogP contribution >= 0.6 is 0 Å². The number of non-ortho nitro benzene ring substituents is 1. The van der Waals surface area contributed by atoms with Gasteiger partial charge >= 0.3 is 0 Å². The average molecular weight is 417 g/mol. The van der Waals surface area contributed by atoms with Crippen LogP contribution in [0.4, 0.5) is 17.1 Å². The number of carbonyl (C=O) groups is 2. The molecule has 0 spiro atoms. The Labute approximate surface area is 180 Å². The molecule has 0 heterocycles. The maximum absolute atomic E-state index is 12.5. The zero-order valence-corrected chi connectivity index (χ0v) is 17.5. The van der Waals surface area contributed by atoms with Crippen LogP contribution in [0.3, 0.4) is 0 Å². The molecule has 0 aliphatic carbocycles. The molecule has 3 aromatic rings. The Balaban J connectivity index is 1.61. The number of carbonyl (C=O) groups excluding carboxylic acids is 2. The molecule has 0 aliphatic heterocycles. The average Bonchev–Trinajstić information content (AvgIpc) is 2.74. The molecule has 7 nitrogen and oxygen atoms in total. The predicted molar refractivity (Wildman–Crippen MR) is 121 cm³/mol. The predicted octanol–water partition coefficient (Wildman–Crippen LogP) is 5.40. The summed E-state index contributed by atoms with van der Waals surface area (Å²) in [4.78, 5) is 34.9. The summed E-state index contributed by atoms with van der Waals surface area (Å²) in [6, 6.07) is 19.6. The number of hydrogen-bond donors (Lipinski definition) is 2. The molecule has 158 valence electrons. The molecule has 0 aliphatic rings. The fourth-order valence-corrected chi connectivity index (χ4v) is 2.90. The van der Waals surface area contributed by atoms with Crippen LogP contribution in [0.15, 0.2) is 72.8 Å². The van der Waals surface area contributed by atoms with Crippen LogP contribution in [0.5, 0.6) is 0 Å². The van der Waals surface area contributed by atoms with Crippen molar-refractivity contribution in [3.05, 3.63) is 99.6 Å². The van der Waals surface area contributed by atoms with Crippen LogP contribution in [-0.2, 0) is 5.41 Å². The Morgan fingerprint density at radius 1 is 0.710 bits per heavy atom. The Kier molecular flexibility index (Phi) is 6.15. The van der Waals surface area contributed by atoms with Crippen molar-refractivity contribution in [2.75, 3.05) is 10.6 Å². The Morgan fingerprint density at radius 2 is 1.10 bits per heavy atom. The van der Waals surface area contributed by atoms with Crippen molar-refractivity contribution >= 4 is 28.9 Å². The highest BCUT2D eigenvalue weighted by Gasteiger charge is 2.14. The number of anilines is 2. The second kappa shape index (κ2) is 8.79. The van der Waals surface area contributed by atoms with Gasteiger partial charge in [-0.2, -0.15) is 0 Å². The van der Waals surface area contributed by atoms with Gasteiger partial charge in [0.25, 0.3) is 17.5 Å². The van der Waals surface area contributed by atoms with Crippen molar-refractivity contribution in [2.24, 2.45) is 0 Å². The van der Waals surface area contributed by atoms with Gasteiger partial charge in [-0.05, 0) is 59.5 Å². The quantitative estimate of drug-likeness (QED) is 0.429. The van der Waals surface area contributed by atoms with E-state index in [1.54, 1.807) is 36.4 Å². The number of nitro groups is 1. The number of nitrogens with zero attached hydrogens (tertiary/aromatic N) is 1. The molecule has 0 bridgehead atoms. The summed E-state index contributed by atoms with van der Waals surface area (Å²) >= 11 is 0. The molecule has 3 rings (SSSR count). The lowest BCUT2D eigenvalue weighted by Gasteiger charge is -2.19. The number of nitro benzene ring substituents is 1. The maximum Gasteiger partial charge on any atom is 0.269 e. The summed E-state index contributed by atoms with van der Waals surface area (Å²) in [5, 5.41) is 16.2. The Hall–Kier alpha value is -4.00. The molecular formula is C24H23N3O4. The van der Waals surface area contributed by atoms with Crippen LogP contribution in [-0.4, -0.2) is 16.7 Å². The first-order valence-electron chi connectivity index (χ1n) is 9.71. The fourth-order valence-electron chi connectivity index (χ4n) is 2.90. The second-order valence-corrected chi connectivity index (χ2v) is 8.12. The summed E-state index contributed by atoms with van der Waals surface area (Å²) < 4.78 is 0. The van der Waals surface area contributed by atoms with Gasteiger partial charge in [0, 0.05) is 34.6 Å². The molecule has 3 aromatic carbocycles. The van der Waals surface area contributed by atoms with Gasteiger partial charge in [-0.25, -0.2) is 0 Å². The van der Waals surface area contributed by atoms with Crippen LogP contribution < -0.4 is 10.6 Å². The molecule has 2 amide bonds. The van der Waals surface area contributed by atoms with E-state index in [1.807, 2.05) is 12.1 Å². The van der Waals surface area contributed by atoms with Gasteiger partial charge in [0.2, 0.25) is 0 Å². The molecule has 0 aromatic heterocycles. The zero-order valence-electron chi connectivity index (χ0n) is 17.5. The fraction of sp³-hybridized carbons (Fsp3) is 0.167. The molecule has 7 heteroatoms. The lowest BCUT2D eigenvalue weighted by atomic mass is 9.87. The van der Waals surface area contributed by atoms with Gasteiger partial charge in [0.15, 0.2) is 0 Å². The third kappa shape index (κ3) is 5.54. The number of rotatable bonds is 5. The van der Waals surface area contributed by atoms with Gasteiger partial charge < -0.3 is 10.6 Å². The minimum absolute atomic E-state index is 0.0176. The standard InChI is InChI=1S/C24H23N3O4/c1-24(2,3)18-8-4-16(5-9-18)22(28)25-19-10-12-20(13-11-19)26-23(29)17-6-14-21(15-7-17)27(30)31/h4-15H,1-3H3,(H,25,28)(H,26,29). The van der Waals surface area contributed by atoms with Crippen molar-refractivity contribution in [2.45, 2.75) is 26.2 Å². The number of benzene rings is 3. The summed E-state index contributed by atoms with van der Waals surface area (Å²) in [5.74, 6) is -0.603. The van der Waals surface area contributed by atoms with Crippen LogP contribution in [0.1, 0.15) is 47.1 Å². The lowest BCUT2D eigenvalue weighted by molar-refractivity contribution is -0.384. The molecular weight excluding hydrogens is 394 g/mol. The van der Waals surface area contributed by atoms with Crippen LogP contribution in [0.2, 0.25) is 0 Å². The molecule has 2 N–H and O–H groups in total. The summed E-state index contributed by atoms with van der Waals surface area (Å²) in [6.45, 7) is 6.35. The molecule has 0 saturated carbocycles. The van der Waals surface area contributed by atoms with Gasteiger partial charge in [0.1, 0.15) is 0 Å². The molecule has 31 heavy (non-hydrogen) atoms. The zero-order chi connectivity index (χ0) is 22.6. The Bertz CT molecular complexity index is 1100. The van der Waals surface area contributed by atoms with Crippen molar-refractivity contribution in [3.63, 3.8) is 0 Å². The van der Waals surface area contributed by atoms with E-state index in [1.165, 1.54) is 24.3 Å². The highest BCUT2D eigenvalue weighted by Crippen LogP contribution is 2.23. The second-order valence-electron chi connectivity index (χ2n) is 8.12. The highest BCUT2D eigenvalue weighted by molar-refractivity contribution is 6.05. The first kappa shape index (κ1) is 21.7. The molecule has 0 fully saturated rings. The summed E-state index contributed by atoms with van der Waals surface area (Å²) in [5.41, 5.74) is 3.09. The Morgan fingerprint density at radius 3 is 1.45 bits per heavy atom. The highest BCUT2D eigenvalue weighted by atomic mass is 16.6. The number of nitrogens with one attached hydrogen (secondary N) is 2. The van der Waals surface area contributed by atoms with Crippen molar-refractivity contribution < 1.29 is 14.5 Å². The van der Waals surface area contributed by atoms with E-state index in [9.17, 15) is 19.7 Å². The minimum atomic E-state index is -0.520. The lowest BCUT2D eigenvalue weighted by Crippen LogP contribution is -2.14. The van der Waals surface area contributed by atoms with Crippen molar-refractivity contribution in [3.8, 4) is 0 Å². The van der Waals surface area contributed by atoms with Gasteiger partial charge in [-0.3, -0.25) is 19.7 Å². The van der Waals surface area contributed by atoms with Crippen molar-refractivity contribution in [1.29, 1.82) is 0 Å². The summed E-state index contributed by atoms with van der Waals surface area (Å²) in [7, 11) is 0. The molecule has 0 unspecified atom stereocenters. The van der Waals surface area contributed by atoms with Gasteiger partial charge in [0.05, 0.1) is 4.92 Å². The third-order valence-electron chi connectivity index (χ3n) is 4.75. The molecule has 0 saturated heterocycles. The van der Waals surface area contributed by atoms with E-state index in [4.69, 9.17) is 0 Å². The van der Waals surface area contributed by atoms with E-state index >= 15 is 0 Å². The maximum atomic E-state index is 12.5. The normalized spacial score (nSPS) is 10.9. The minimum Gasteiger partial charge on any atom is -0.322 e. The van der Waals surface area contributed by atoms with Crippen molar-refractivity contribution in [1.82, 2.24) is 0 Å².